The Morgan fingerprint density at radius 3 is 1.15 bits per heavy atom. The Labute approximate surface area is 453 Å². The predicted molar refractivity (Wildman–Crippen MR) is 306 cm³/mol. The summed E-state index contributed by atoms with van der Waals surface area (Å²) in [4.78, 5) is 14.0. The summed E-state index contributed by atoms with van der Waals surface area (Å²) < 4.78 is 0. The third-order valence-corrected chi connectivity index (χ3v) is 13.8. The van der Waals surface area contributed by atoms with E-state index in [1.54, 1.807) is 0 Å². The zero-order valence-electron chi connectivity index (χ0n) is 41.4. The average molecular weight is 1140 g/mol. The van der Waals surface area contributed by atoms with Crippen LogP contribution in [-0.2, 0) is 20.1 Å². The molecule has 3 aromatic heterocycles. The molecule has 0 spiro atoms. The molecule has 0 unspecified atom stereocenters. The molecular formula is C71H48IrN3. The molecule has 0 aliphatic heterocycles. The minimum atomic E-state index is 0. The van der Waals surface area contributed by atoms with Gasteiger partial charge in [0, 0.05) is 18.6 Å². The first-order valence-electron chi connectivity index (χ1n) is 25.0. The van der Waals surface area contributed by atoms with Gasteiger partial charge in [0.25, 0.3) is 0 Å². The van der Waals surface area contributed by atoms with Crippen molar-refractivity contribution < 1.29 is 20.1 Å². The molecule has 75 heavy (non-hydrogen) atoms. The van der Waals surface area contributed by atoms with E-state index in [9.17, 15) is 0 Å². The van der Waals surface area contributed by atoms with Crippen molar-refractivity contribution in [2.75, 3.05) is 0 Å². The van der Waals surface area contributed by atoms with Gasteiger partial charge >= 0.3 is 20.1 Å². The number of aryl methyl sites for hydroxylation is 2. The molecule has 0 aliphatic carbocycles. The summed E-state index contributed by atoms with van der Waals surface area (Å²) in [6, 6.07) is 95.0. The van der Waals surface area contributed by atoms with Crippen LogP contribution in [0.3, 0.4) is 0 Å². The van der Waals surface area contributed by atoms with Crippen molar-refractivity contribution in [3.8, 4) is 123 Å². The van der Waals surface area contributed by atoms with E-state index >= 15 is 0 Å². The maximum absolute atomic E-state index is 4.74. The molecule has 12 aromatic rings. The zero-order chi connectivity index (χ0) is 49.8. The standard InChI is InChI=1S/C71H48N3.Ir/c1-48-37-40-73-70(42-48)55-31-27-52(28-32-55)61-16-6-8-18-63(61)58-44-59(64-19-9-7-17-62(64)53-29-33-56(34-30-53)71-43-49(2)38-41-74-71)46-60(45-58)65-20-10-11-21-66(65)67-36-35-57(69-22-12-13-39-72-69)47-68(67)54-25-23-51(24-26-54)50-14-4-3-5-15-50;/h3-31,33,36-47H,1-2H3;/q-3;+3. The molecule has 3 heterocycles. The second-order valence-corrected chi connectivity index (χ2v) is 18.7. The van der Waals surface area contributed by atoms with E-state index in [4.69, 9.17) is 4.98 Å². The number of pyridine rings is 3. The van der Waals surface area contributed by atoms with Crippen LogP contribution in [-0.4, -0.2) is 15.0 Å². The average Bonchev–Trinajstić information content (AvgIpc) is 3.48. The second-order valence-electron chi connectivity index (χ2n) is 18.7. The van der Waals surface area contributed by atoms with Gasteiger partial charge in [-0.1, -0.05) is 202 Å². The molecule has 0 saturated carbocycles. The summed E-state index contributed by atoms with van der Waals surface area (Å²) in [7, 11) is 0. The monoisotopic (exact) mass is 1140 g/mol. The van der Waals surface area contributed by atoms with Crippen molar-refractivity contribution in [2.45, 2.75) is 13.8 Å². The summed E-state index contributed by atoms with van der Waals surface area (Å²) in [6.45, 7) is 4.18. The first-order valence-corrected chi connectivity index (χ1v) is 25.0. The van der Waals surface area contributed by atoms with Crippen molar-refractivity contribution in [3.05, 3.63) is 285 Å². The van der Waals surface area contributed by atoms with Gasteiger partial charge in [-0.05, 0) is 117 Å². The van der Waals surface area contributed by atoms with Gasteiger partial charge in [-0.3, -0.25) is 0 Å². The van der Waals surface area contributed by atoms with Crippen LogP contribution in [0.4, 0.5) is 0 Å². The first kappa shape index (κ1) is 48.4. The van der Waals surface area contributed by atoms with Crippen LogP contribution in [0.15, 0.2) is 255 Å². The number of rotatable bonds is 11. The van der Waals surface area contributed by atoms with Gasteiger partial charge in [-0.2, -0.15) is 0 Å². The van der Waals surface area contributed by atoms with E-state index in [0.717, 1.165) is 112 Å². The van der Waals surface area contributed by atoms with E-state index in [1.165, 1.54) is 22.3 Å². The largest absolute Gasteiger partial charge is 3.00 e. The summed E-state index contributed by atoms with van der Waals surface area (Å²) >= 11 is 0. The van der Waals surface area contributed by atoms with E-state index in [-0.39, 0.29) is 20.1 Å². The Hall–Kier alpha value is -8.92. The maximum Gasteiger partial charge on any atom is 3.00 e. The minimum absolute atomic E-state index is 0. The fourth-order valence-corrected chi connectivity index (χ4v) is 10.0. The van der Waals surface area contributed by atoms with E-state index in [1.807, 2.05) is 48.9 Å². The first-order chi connectivity index (χ1) is 36.5. The van der Waals surface area contributed by atoms with Crippen LogP contribution in [0.1, 0.15) is 11.1 Å². The molecule has 9 aromatic carbocycles. The molecule has 0 atom stereocenters. The zero-order valence-corrected chi connectivity index (χ0v) is 43.8. The van der Waals surface area contributed by atoms with Crippen LogP contribution in [0, 0.1) is 32.0 Å². The van der Waals surface area contributed by atoms with Crippen LogP contribution in [0.2, 0.25) is 0 Å². The Kier molecular flexibility index (Phi) is 14.0. The fraction of sp³-hybridized carbons (Fsp3) is 0.0282. The fourth-order valence-electron chi connectivity index (χ4n) is 10.0. The van der Waals surface area contributed by atoms with E-state index in [0.29, 0.717) is 0 Å². The van der Waals surface area contributed by atoms with Crippen LogP contribution in [0.5, 0.6) is 0 Å². The molecule has 12 rings (SSSR count). The molecule has 356 valence electrons. The molecule has 0 radical (unpaired) electrons. The van der Waals surface area contributed by atoms with Crippen molar-refractivity contribution in [1.82, 2.24) is 15.0 Å². The number of benzene rings is 9. The Balaban J connectivity index is 0.00000602. The summed E-state index contributed by atoms with van der Waals surface area (Å²) in [6.07, 6.45) is 5.56. The van der Waals surface area contributed by atoms with Crippen molar-refractivity contribution in [3.63, 3.8) is 0 Å². The molecule has 0 bridgehead atoms. The Morgan fingerprint density at radius 2 is 0.667 bits per heavy atom. The SMILES string of the molecule is Cc1ccnc(-c2[c-]cc(-c3ccccc3-c3cc(-c4ccccc4-c4c[c-]c(-c5cc(C)ccn5)cc4)cc(-c4ccccc4-c4c[c-]c(-c5ccccn5)cc4-c4ccc(-c5ccccc5)cc4)c3)cc2)c1.[Ir+3]. The maximum atomic E-state index is 4.74. The third kappa shape index (κ3) is 10.2. The number of hydrogen-bond donors (Lipinski definition) is 0. The summed E-state index contributed by atoms with van der Waals surface area (Å²) in [5.74, 6) is 0. The molecule has 0 N–H and O–H groups in total. The van der Waals surface area contributed by atoms with Crippen LogP contribution >= 0.6 is 0 Å². The van der Waals surface area contributed by atoms with Crippen LogP contribution in [0.25, 0.3) is 123 Å². The van der Waals surface area contributed by atoms with Gasteiger partial charge in [0.15, 0.2) is 0 Å². The quantitative estimate of drug-likeness (QED) is 0.121. The Morgan fingerprint density at radius 1 is 0.253 bits per heavy atom. The second kappa shape index (κ2) is 21.7. The third-order valence-electron chi connectivity index (χ3n) is 13.8. The smallest absolute Gasteiger partial charge is 0.305 e. The van der Waals surface area contributed by atoms with E-state index in [2.05, 4.69) is 248 Å². The van der Waals surface area contributed by atoms with Gasteiger partial charge in [-0.25, -0.2) is 0 Å². The van der Waals surface area contributed by atoms with Gasteiger partial charge in [-0.15, -0.1) is 83.4 Å². The van der Waals surface area contributed by atoms with Gasteiger partial charge in [0.2, 0.25) is 0 Å². The number of hydrogen-bond acceptors (Lipinski definition) is 3. The number of aromatic nitrogens is 3. The molecule has 0 fully saturated rings. The predicted octanol–water partition coefficient (Wildman–Crippen LogP) is 18.2. The van der Waals surface area contributed by atoms with E-state index < -0.39 is 0 Å². The molecule has 0 aliphatic rings. The van der Waals surface area contributed by atoms with Crippen molar-refractivity contribution >= 4 is 0 Å². The van der Waals surface area contributed by atoms with Gasteiger partial charge in [0.1, 0.15) is 0 Å². The van der Waals surface area contributed by atoms with Gasteiger partial charge < -0.3 is 15.0 Å². The topological polar surface area (TPSA) is 38.7 Å². The Bertz CT molecular complexity index is 3790. The minimum Gasteiger partial charge on any atom is -0.305 e. The molecule has 0 amide bonds. The van der Waals surface area contributed by atoms with Crippen LogP contribution < -0.4 is 0 Å². The molecule has 0 saturated heterocycles. The van der Waals surface area contributed by atoms with Crippen molar-refractivity contribution in [1.29, 1.82) is 0 Å². The number of nitrogens with zero attached hydrogens (tertiary/aromatic N) is 3. The molecular weight excluding hydrogens is 1090 g/mol. The summed E-state index contributed by atoms with van der Waals surface area (Å²) in [5.41, 5.74) is 25.7. The normalized spacial score (nSPS) is 11.0. The molecule has 3 nitrogen and oxygen atoms in total. The molecule has 4 heteroatoms. The summed E-state index contributed by atoms with van der Waals surface area (Å²) in [5, 5.41) is 0. The van der Waals surface area contributed by atoms with Gasteiger partial charge in [0.05, 0.1) is 0 Å². The van der Waals surface area contributed by atoms with Crippen molar-refractivity contribution in [2.24, 2.45) is 0 Å².